The number of pyridine rings is 1. The van der Waals surface area contributed by atoms with Gasteiger partial charge < -0.3 is 9.72 Å². The number of para-hydroxylation sites is 1. The number of aromatic amines is 1. The fraction of sp³-hybridized carbons (Fsp3) is 0.318. The van der Waals surface area contributed by atoms with Crippen LogP contribution in [-0.2, 0) is 21.3 Å². The highest BCUT2D eigenvalue weighted by molar-refractivity contribution is 7.89. The van der Waals surface area contributed by atoms with Crippen LogP contribution in [0.5, 0.6) is 0 Å². The number of nitrogens with zero attached hydrogens (tertiary/aromatic N) is 3. The van der Waals surface area contributed by atoms with Crippen LogP contribution in [0.15, 0.2) is 52.2 Å². The summed E-state index contributed by atoms with van der Waals surface area (Å²) in [6, 6.07) is 12.4. The number of benzene rings is 2. The van der Waals surface area contributed by atoms with Crippen molar-refractivity contribution in [1.82, 2.24) is 18.0 Å². The highest BCUT2D eigenvalue weighted by atomic mass is 32.2. The zero-order chi connectivity index (χ0) is 22.3. The predicted octanol–water partition coefficient (Wildman–Crippen LogP) is 3.21. The molecular formula is C22H22N4O4S2. The van der Waals surface area contributed by atoms with E-state index in [4.69, 9.17) is 4.74 Å². The van der Waals surface area contributed by atoms with Crippen molar-refractivity contribution in [1.29, 1.82) is 0 Å². The molecule has 1 aliphatic rings. The van der Waals surface area contributed by atoms with Crippen LogP contribution in [0.25, 0.3) is 21.9 Å². The third-order valence-electron chi connectivity index (χ3n) is 5.81. The van der Waals surface area contributed by atoms with E-state index in [1.54, 1.807) is 18.2 Å². The van der Waals surface area contributed by atoms with Gasteiger partial charge in [-0.05, 0) is 48.9 Å². The minimum atomic E-state index is -3.96. The molecule has 0 aliphatic carbocycles. The molecule has 5 rings (SSSR count). The minimum absolute atomic E-state index is 0.0602. The second-order valence-electron chi connectivity index (χ2n) is 7.98. The van der Waals surface area contributed by atoms with Gasteiger partial charge in [-0.25, -0.2) is 8.42 Å². The number of rotatable bonds is 6. The van der Waals surface area contributed by atoms with Crippen molar-refractivity contribution in [3.05, 3.63) is 63.9 Å². The first-order valence-electron chi connectivity index (χ1n) is 10.4. The molecule has 0 spiro atoms. The van der Waals surface area contributed by atoms with Crippen LogP contribution in [0.1, 0.15) is 24.0 Å². The molecule has 2 aromatic carbocycles. The maximum Gasteiger partial charge on any atom is 0.252 e. The summed E-state index contributed by atoms with van der Waals surface area (Å²) in [5.74, 6) is 0. The van der Waals surface area contributed by atoms with E-state index in [0.717, 1.165) is 41.0 Å². The number of sulfonamides is 1. The topological polar surface area (TPSA) is 105 Å². The fourth-order valence-electron chi connectivity index (χ4n) is 4.13. The van der Waals surface area contributed by atoms with Gasteiger partial charge in [-0.1, -0.05) is 24.3 Å². The summed E-state index contributed by atoms with van der Waals surface area (Å²) in [5, 5.41) is 0.861. The molecular weight excluding hydrogens is 448 g/mol. The van der Waals surface area contributed by atoms with Crippen LogP contribution in [0.2, 0.25) is 0 Å². The van der Waals surface area contributed by atoms with Gasteiger partial charge in [-0.2, -0.15) is 13.1 Å². The van der Waals surface area contributed by atoms with Crippen LogP contribution in [0.4, 0.5) is 0 Å². The molecule has 1 aliphatic heterocycles. The standard InChI is InChI=1S/C22H22N4O4S2/c1-14-5-2-6-15-11-16(22(27)23-20(14)15)12-26(13-17-7-4-10-30-17)32(28,29)19-9-3-8-18-21(19)25-31-24-18/h2-3,5-6,8-9,11,17H,4,7,10,12-13H2,1H3,(H,23,27). The Morgan fingerprint density at radius 2 is 2.06 bits per heavy atom. The number of aryl methyl sites for hydroxylation is 1. The molecule has 0 radical (unpaired) electrons. The zero-order valence-electron chi connectivity index (χ0n) is 17.4. The van der Waals surface area contributed by atoms with E-state index < -0.39 is 10.0 Å². The summed E-state index contributed by atoms with van der Waals surface area (Å²) in [4.78, 5) is 15.9. The highest BCUT2D eigenvalue weighted by Crippen LogP contribution is 2.27. The monoisotopic (exact) mass is 470 g/mol. The molecule has 8 nitrogen and oxygen atoms in total. The third-order valence-corrected chi connectivity index (χ3v) is 8.20. The molecule has 32 heavy (non-hydrogen) atoms. The summed E-state index contributed by atoms with van der Waals surface area (Å²) in [6.45, 7) is 2.64. The number of hydrogen-bond donors (Lipinski definition) is 1. The van der Waals surface area contributed by atoms with Crippen LogP contribution in [-0.4, -0.2) is 45.7 Å². The van der Waals surface area contributed by atoms with Gasteiger partial charge in [-0.15, -0.1) is 0 Å². The molecule has 0 bridgehead atoms. The lowest BCUT2D eigenvalue weighted by molar-refractivity contribution is 0.0925. The fourth-order valence-corrected chi connectivity index (χ4v) is 6.33. The van der Waals surface area contributed by atoms with Gasteiger partial charge in [0.25, 0.3) is 5.56 Å². The molecule has 3 heterocycles. The van der Waals surface area contributed by atoms with E-state index in [9.17, 15) is 13.2 Å². The number of fused-ring (bicyclic) bond motifs is 2. The zero-order valence-corrected chi connectivity index (χ0v) is 19.1. The lowest BCUT2D eigenvalue weighted by atomic mass is 10.1. The maximum atomic E-state index is 13.8. The van der Waals surface area contributed by atoms with Gasteiger partial charge in [-0.3, -0.25) is 4.79 Å². The van der Waals surface area contributed by atoms with Crippen molar-refractivity contribution in [2.24, 2.45) is 0 Å². The van der Waals surface area contributed by atoms with E-state index in [1.807, 2.05) is 25.1 Å². The Morgan fingerprint density at radius 1 is 1.22 bits per heavy atom. The highest BCUT2D eigenvalue weighted by Gasteiger charge is 2.32. The number of ether oxygens (including phenoxy) is 1. The summed E-state index contributed by atoms with van der Waals surface area (Å²) >= 11 is 0.974. The quantitative estimate of drug-likeness (QED) is 0.464. The second-order valence-corrected chi connectivity index (χ2v) is 10.4. The molecule has 2 aromatic heterocycles. The van der Waals surface area contributed by atoms with E-state index in [2.05, 4.69) is 13.7 Å². The molecule has 4 aromatic rings. The van der Waals surface area contributed by atoms with Crippen LogP contribution < -0.4 is 5.56 Å². The van der Waals surface area contributed by atoms with Crippen molar-refractivity contribution in [3.8, 4) is 0 Å². The SMILES string of the molecule is Cc1cccc2cc(CN(CC3CCCO3)S(=O)(=O)c3cccc4nsnc34)c(=O)[nH]c12. The minimum Gasteiger partial charge on any atom is -0.377 e. The van der Waals surface area contributed by atoms with Crippen LogP contribution in [0, 0.1) is 6.92 Å². The predicted molar refractivity (Wildman–Crippen MR) is 123 cm³/mol. The number of hydrogen-bond acceptors (Lipinski definition) is 7. The Labute approximate surface area is 189 Å². The Kier molecular flexibility index (Phi) is 5.54. The molecule has 0 amide bonds. The first-order chi connectivity index (χ1) is 15.4. The van der Waals surface area contributed by atoms with Gasteiger partial charge in [0.1, 0.15) is 15.9 Å². The number of nitrogens with one attached hydrogen (secondary N) is 1. The Bertz CT molecular complexity index is 1460. The maximum absolute atomic E-state index is 13.8. The molecule has 0 saturated carbocycles. The number of aromatic nitrogens is 3. The van der Waals surface area contributed by atoms with E-state index in [0.29, 0.717) is 23.2 Å². The van der Waals surface area contributed by atoms with Crippen molar-refractivity contribution >= 4 is 43.7 Å². The van der Waals surface area contributed by atoms with Crippen molar-refractivity contribution in [2.45, 2.75) is 37.3 Å². The Hall–Kier alpha value is -2.66. The largest absolute Gasteiger partial charge is 0.377 e. The molecule has 1 saturated heterocycles. The Balaban J connectivity index is 1.58. The average Bonchev–Trinajstić information content (AvgIpc) is 3.46. The first kappa shape index (κ1) is 21.2. The van der Waals surface area contributed by atoms with Crippen molar-refractivity contribution < 1.29 is 13.2 Å². The van der Waals surface area contributed by atoms with Crippen molar-refractivity contribution in [2.75, 3.05) is 13.2 Å². The van der Waals surface area contributed by atoms with Gasteiger partial charge >= 0.3 is 0 Å². The summed E-state index contributed by atoms with van der Waals surface area (Å²) < 4.78 is 42.9. The molecule has 10 heteroatoms. The normalized spacial score (nSPS) is 17.0. The van der Waals surface area contributed by atoms with E-state index in [-0.39, 0.29) is 29.6 Å². The molecule has 1 N–H and O–H groups in total. The van der Waals surface area contributed by atoms with Gasteiger partial charge in [0.05, 0.1) is 23.3 Å². The molecule has 1 atom stereocenters. The van der Waals surface area contributed by atoms with E-state index in [1.165, 1.54) is 10.4 Å². The summed E-state index contributed by atoms with van der Waals surface area (Å²) in [5.41, 5.74) is 2.68. The Morgan fingerprint density at radius 3 is 2.88 bits per heavy atom. The first-order valence-corrected chi connectivity index (χ1v) is 12.5. The van der Waals surface area contributed by atoms with Gasteiger partial charge in [0.2, 0.25) is 10.0 Å². The van der Waals surface area contributed by atoms with Gasteiger partial charge in [0.15, 0.2) is 0 Å². The molecule has 166 valence electrons. The average molecular weight is 471 g/mol. The summed E-state index contributed by atoms with van der Waals surface area (Å²) in [7, 11) is -3.96. The van der Waals surface area contributed by atoms with Crippen molar-refractivity contribution in [3.63, 3.8) is 0 Å². The van der Waals surface area contributed by atoms with Crippen LogP contribution >= 0.6 is 11.7 Å². The second kappa shape index (κ2) is 8.36. The summed E-state index contributed by atoms with van der Waals surface area (Å²) in [6.07, 6.45) is 1.46. The lowest BCUT2D eigenvalue weighted by Gasteiger charge is -2.25. The van der Waals surface area contributed by atoms with Crippen LogP contribution in [0.3, 0.4) is 0 Å². The molecule has 1 fully saturated rings. The van der Waals surface area contributed by atoms with E-state index >= 15 is 0 Å². The molecule has 1 unspecified atom stereocenters. The number of H-pyrrole nitrogens is 1. The van der Waals surface area contributed by atoms with Gasteiger partial charge in [0, 0.05) is 25.3 Å². The smallest absolute Gasteiger partial charge is 0.252 e. The lowest BCUT2D eigenvalue weighted by Crippen LogP contribution is -2.38. The third kappa shape index (κ3) is 3.83.